The molecule has 0 aliphatic carbocycles. The van der Waals surface area contributed by atoms with Gasteiger partial charge in [0.2, 0.25) is 0 Å². The van der Waals surface area contributed by atoms with Gasteiger partial charge in [0, 0.05) is 8.95 Å². The van der Waals surface area contributed by atoms with Crippen molar-refractivity contribution in [2.24, 2.45) is 0 Å². The molecule has 9 heavy (non-hydrogen) atoms. The van der Waals surface area contributed by atoms with E-state index in [9.17, 15) is 5.11 Å². The molecule has 0 heterocycles. The first-order chi connectivity index (χ1) is 4.22. The Morgan fingerprint density at radius 2 is 1.56 bits per heavy atom. The quantitative estimate of drug-likeness (QED) is 0.693. The first kappa shape index (κ1) is 7.09. The second kappa shape index (κ2) is 2.71. The standard InChI is InChI=1S/C6H4Br2O/c7-4-2-1-3-5(8)6(4)9/h1-3,9H/p-1. The van der Waals surface area contributed by atoms with Crippen LogP contribution < -0.4 is 5.11 Å². The fraction of sp³-hybridized carbons (Fsp3) is 0. The summed E-state index contributed by atoms with van der Waals surface area (Å²) in [4.78, 5) is 0. The third kappa shape index (κ3) is 1.46. The van der Waals surface area contributed by atoms with E-state index in [2.05, 4.69) is 31.9 Å². The van der Waals surface area contributed by atoms with Gasteiger partial charge in [-0.05, 0) is 12.1 Å². The fourth-order valence-corrected chi connectivity index (χ4v) is 1.48. The minimum absolute atomic E-state index is 0.00231. The average molecular weight is 251 g/mol. The molecule has 0 atom stereocenters. The van der Waals surface area contributed by atoms with E-state index < -0.39 is 0 Å². The summed E-state index contributed by atoms with van der Waals surface area (Å²) in [6.07, 6.45) is 0. The molecule has 0 saturated carbocycles. The first-order valence-corrected chi connectivity index (χ1v) is 3.91. The van der Waals surface area contributed by atoms with Gasteiger partial charge < -0.3 is 5.11 Å². The van der Waals surface area contributed by atoms with Gasteiger partial charge >= 0.3 is 0 Å². The lowest BCUT2D eigenvalue weighted by molar-refractivity contribution is -0.270. The Balaban J connectivity index is 3.25. The normalized spacial score (nSPS) is 9.56. The number of benzene rings is 1. The van der Waals surface area contributed by atoms with Crippen LogP contribution in [0.15, 0.2) is 27.1 Å². The Hall–Kier alpha value is -0.0200. The van der Waals surface area contributed by atoms with Crippen LogP contribution in [0.4, 0.5) is 0 Å². The van der Waals surface area contributed by atoms with E-state index in [1.54, 1.807) is 18.2 Å². The second-order valence-electron chi connectivity index (χ2n) is 1.55. The average Bonchev–Trinajstić information content (AvgIpc) is 1.83. The lowest BCUT2D eigenvalue weighted by Crippen LogP contribution is -1.90. The molecular formula is C6H3Br2O-. The van der Waals surface area contributed by atoms with Gasteiger partial charge in [0.1, 0.15) is 0 Å². The molecule has 0 bridgehead atoms. The van der Waals surface area contributed by atoms with E-state index in [4.69, 9.17) is 0 Å². The molecule has 0 aliphatic heterocycles. The molecule has 0 spiro atoms. The summed E-state index contributed by atoms with van der Waals surface area (Å²) in [5, 5.41) is 10.9. The summed E-state index contributed by atoms with van der Waals surface area (Å²) >= 11 is 6.21. The number of rotatable bonds is 0. The zero-order chi connectivity index (χ0) is 6.85. The van der Waals surface area contributed by atoms with E-state index in [-0.39, 0.29) is 5.75 Å². The molecule has 1 rings (SSSR count). The van der Waals surface area contributed by atoms with Crippen molar-refractivity contribution in [1.82, 2.24) is 0 Å². The van der Waals surface area contributed by atoms with Crippen LogP contribution in [0.1, 0.15) is 0 Å². The molecule has 1 nitrogen and oxygen atoms in total. The van der Waals surface area contributed by atoms with Gasteiger partial charge in [0.05, 0.1) is 0 Å². The molecule has 48 valence electrons. The van der Waals surface area contributed by atoms with Gasteiger partial charge in [-0.1, -0.05) is 43.7 Å². The molecule has 0 saturated heterocycles. The molecule has 0 unspecified atom stereocenters. The van der Waals surface area contributed by atoms with Crippen LogP contribution in [0.3, 0.4) is 0 Å². The maximum absolute atomic E-state index is 10.9. The summed E-state index contributed by atoms with van der Waals surface area (Å²) in [7, 11) is 0. The number of hydrogen-bond donors (Lipinski definition) is 0. The van der Waals surface area contributed by atoms with E-state index in [0.717, 1.165) is 0 Å². The summed E-state index contributed by atoms with van der Waals surface area (Å²) in [6, 6.07) is 5.23. The fourth-order valence-electron chi connectivity index (χ4n) is 0.483. The van der Waals surface area contributed by atoms with E-state index >= 15 is 0 Å². The summed E-state index contributed by atoms with van der Waals surface area (Å²) < 4.78 is 1.19. The van der Waals surface area contributed by atoms with Crippen molar-refractivity contribution < 1.29 is 5.11 Å². The minimum atomic E-state index is -0.00231. The third-order valence-electron chi connectivity index (χ3n) is 0.919. The highest BCUT2D eigenvalue weighted by Crippen LogP contribution is 2.28. The van der Waals surface area contributed by atoms with Gasteiger partial charge in [-0.25, -0.2) is 0 Å². The molecule has 0 N–H and O–H groups in total. The maximum Gasteiger partial charge on any atom is 0.0107 e. The van der Waals surface area contributed by atoms with Gasteiger partial charge in [-0.3, -0.25) is 0 Å². The number of halogens is 2. The molecule has 0 amide bonds. The molecule has 0 aromatic heterocycles. The van der Waals surface area contributed by atoms with Crippen LogP contribution in [-0.4, -0.2) is 0 Å². The zero-order valence-corrected chi connectivity index (χ0v) is 7.57. The highest BCUT2D eigenvalue weighted by molar-refractivity contribution is 9.11. The predicted octanol–water partition coefficient (Wildman–Crippen LogP) is 2.29. The topological polar surface area (TPSA) is 23.1 Å². The Bertz CT molecular complexity index is 202. The Labute approximate surface area is 70.0 Å². The van der Waals surface area contributed by atoms with Crippen molar-refractivity contribution in [2.45, 2.75) is 0 Å². The Kier molecular flexibility index (Phi) is 2.13. The SMILES string of the molecule is [O-]c1c(Br)cccc1Br. The highest BCUT2D eigenvalue weighted by atomic mass is 79.9. The molecule has 0 radical (unpaired) electrons. The second-order valence-corrected chi connectivity index (χ2v) is 3.26. The summed E-state index contributed by atoms with van der Waals surface area (Å²) in [5.41, 5.74) is 0. The van der Waals surface area contributed by atoms with Crippen LogP contribution in [0.2, 0.25) is 0 Å². The van der Waals surface area contributed by atoms with E-state index in [0.29, 0.717) is 8.95 Å². The van der Waals surface area contributed by atoms with Crippen LogP contribution in [0, 0.1) is 0 Å². The summed E-state index contributed by atoms with van der Waals surface area (Å²) in [6.45, 7) is 0. The largest absolute Gasteiger partial charge is 0.871 e. The van der Waals surface area contributed by atoms with Crippen LogP contribution in [0.25, 0.3) is 0 Å². The van der Waals surface area contributed by atoms with Gasteiger partial charge in [0.15, 0.2) is 0 Å². The van der Waals surface area contributed by atoms with E-state index in [1.165, 1.54) is 0 Å². The van der Waals surface area contributed by atoms with Gasteiger partial charge in [-0.2, -0.15) is 0 Å². The van der Waals surface area contributed by atoms with Crippen molar-refractivity contribution >= 4 is 31.9 Å². The molecule has 3 heteroatoms. The van der Waals surface area contributed by atoms with Crippen LogP contribution in [-0.2, 0) is 0 Å². The van der Waals surface area contributed by atoms with Crippen molar-refractivity contribution in [3.8, 4) is 5.75 Å². The van der Waals surface area contributed by atoms with Crippen LogP contribution in [0.5, 0.6) is 5.75 Å². The Morgan fingerprint density at radius 1 is 1.11 bits per heavy atom. The van der Waals surface area contributed by atoms with Crippen LogP contribution >= 0.6 is 31.9 Å². The van der Waals surface area contributed by atoms with E-state index in [1.807, 2.05) is 0 Å². The monoisotopic (exact) mass is 249 g/mol. The molecule has 0 fully saturated rings. The zero-order valence-electron chi connectivity index (χ0n) is 4.40. The minimum Gasteiger partial charge on any atom is -0.871 e. The van der Waals surface area contributed by atoms with Gasteiger partial charge in [0.25, 0.3) is 0 Å². The number of para-hydroxylation sites is 1. The smallest absolute Gasteiger partial charge is 0.0107 e. The molecular weight excluding hydrogens is 248 g/mol. The lowest BCUT2D eigenvalue weighted by Gasteiger charge is -2.09. The molecule has 1 aromatic carbocycles. The van der Waals surface area contributed by atoms with Crippen molar-refractivity contribution in [3.05, 3.63) is 27.1 Å². The third-order valence-corrected chi connectivity index (χ3v) is 2.17. The highest BCUT2D eigenvalue weighted by Gasteiger charge is 1.89. The molecule has 0 aliphatic rings. The predicted molar refractivity (Wildman–Crippen MR) is 41.3 cm³/mol. The molecule has 1 aromatic rings. The maximum atomic E-state index is 10.9. The van der Waals surface area contributed by atoms with Crippen molar-refractivity contribution in [1.29, 1.82) is 0 Å². The number of hydrogen-bond acceptors (Lipinski definition) is 1. The lowest BCUT2D eigenvalue weighted by atomic mass is 10.3. The van der Waals surface area contributed by atoms with Crippen molar-refractivity contribution in [3.63, 3.8) is 0 Å². The summed E-state index contributed by atoms with van der Waals surface area (Å²) in [5.74, 6) is -0.00231. The van der Waals surface area contributed by atoms with Crippen molar-refractivity contribution in [2.75, 3.05) is 0 Å². The van der Waals surface area contributed by atoms with Gasteiger partial charge in [-0.15, -0.1) is 0 Å². The first-order valence-electron chi connectivity index (χ1n) is 2.33. The Morgan fingerprint density at radius 3 is 1.89 bits per heavy atom.